The van der Waals surface area contributed by atoms with E-state index < -0.39 is 17.5 Å². The number of hydrogen-bond acceptors (Lipinski definition) is 0. The minimum atomic E-state index is -1.08. The van der Waals surface area contributed by atoms with Gasteiger partial charge in [-0.1, -0.05) is 24.3 Å². The summed E-state index contributed by atoms with van der Waals surface area (Å²) in [5.74, 6) is -2.69. The summed E-state index contributed by atoms with van der Waals surface area (Å²) in [4.78, 5) is 0. The molecule has 0 aliphatic rings. The standard InChI is InChI=1S/C12H6F3/c13-10-6-2-1-4-8(10)9-5-3-7-11(14)12(9)15/h1-4,6-7H. The minimum absolute atomic E-state index is 0.00880. The zero-order chi connectivity index (χ0) is 10.8. The van der Waals surface area contributed by atoms with Crippen LogP contribution >= 0.6 is 0 Å². The smallest absolute Gasteiger partial charge is 0.167 e. The van der Waals surface area contributed by atoms with E-state index in [0.29, 0.717) is 0 Å². The molecule has 0 fully saturated rings. The highest BCUT2D eigenvalue weighted by molar-refractivity contribution is 5.64. The molecule has 2 aromatic rings. The van der Waals surface area contributed by atoms with Crippen molar-refractivity contribution in [2.24, 2.45) is 0 Å². The highest BCUT2D eigenvalue weighted by Gasteiger charge is 2.12. The molecule has 0 aliphatic carbocycles. The van der Waals surface area contributed by atoms with Crippen molar-refractivity contribution >= 4 is 0 Å². The Morgan fingerprint density at radius 2 is 1.60 bits per heavy atom. The first-order chi connectivity index (χ1) is 7.20. The Labute approximate surface area is 85.0 Å². The molecule has 0 saturated carbocycles. The number of benzene rings is 2. The van der Waals surface area contributed by atoms with Crippen LogP contribution in [-0.4, -0.2) is 0 Å². The monoisotopic (exact) mass is 207 g/mol. The highest BCUT2D eigenvalue weighted by Crippen LogP contribution is 2.25. The van der Waals surface area contributed by atoms with Crippen LogP contribution in [0.25, 0.3) is 11.1 Å². The van der Waals surface area contributed by atoms with E-state index in [0.717, 1.165) is 6.07 Å². The molecule has 3 heteroatoms. The average Bonchev–Trinajstić information content (AvgIpc) is 2.23. The van der Waals surface area contributed by atoms with Crippen LogP contribution in [0.2, 0.25) is 0 Å². The number of hydrogen-bond donors (Lipinski definition) is 0. The average molecular weight is 207 g/mol. The van der Waals surface area contributed by atoms with E-state index in [1.54, 1.807) is 6.07 Å². The summed E-state index contributed by atoms with van der Waals surface area (Å²) in [6.45, 7) is 0. The second-order valence-corrected chi connectivity index (χ2v) is 2.99. The molecule has 0 saturated heterocycles. The van der Waals surface area contributed by atoms with Crippen LogP contribution in [0, 0.1) is 23.5 Å². The fourth-order valence-electron chi connectivity index (χ4n) is 1.31. The van der Waals surface area contributed by atoms with Gasteiger partial charge in [0.05, 0.1) is 0 Å². The summed E-state index contributed by atoms with van der Waals surface area (Å²) in [7, 11) is 0. The lowest BCUT2D eigenvalue weighted by Crippen LogP contribution is -1.91. The van der Waals surface area contributed by atoms with Gasteiger partial charge in [0.15, 0.2) is 11.6 Å². The molecule has 0 N–H and O–H groups in total. The fraction of sp³-hybridized carbons (Fsp3) is 0. The third-order valence-corrected chi connectivity index (χ3v) is 2.03. The molecule has 0 aromatic heterocycles. The van der Waals surface area contributed by atoms with Gasteiger partial charge in [-0.2, -0.15) is 0 Å². The summed E-state index contributed by atoms with van der Waals surface area (Å²) < 4.78 is 39.5. The molecule has 1 radical (unpaired) electrons. The molecule has 0 unspecified atom stereocenters. The first-order valence-corrected chi connectivity index (χ1v) is 4.30. The first kappa shape index (κ1) is 9.77. The van der Waals surface area contributed by atoms with Crippen molar-refractivity contribution in [3.8, 4) is 11.1 Å². The van der Waals surface area contributed by atoms with Gasteiger partial charge in [0.1, 0.15) is 5.82 Å². The van der Waals surface area contributed by atoms with Gasteiger partial charge in [-0.3, -0.25) is 0 Å². The van der Waals surface area contributed by atoms with Gasteiger partial charge in [-0.15, -0.1) is 0 Å². The van der Waals surface area contributed by atoms with Crippen molar-refractivity contribution < 1.29 is 13.2 Å². The fourth-order valence-corrected chi connectivity index (χ4v) is 1.31. The maximum atomic E-state index is 13.3. The summed E-state index contributed by atoms with van der Waals surface area (Å²) in [5.41, 5.74) is -0.178. The van der Waals surface area contributed by atoms with Crippen molar-refractivity contribution in [2.45, 2.75) is 0 Å². The van der Waals surface area contributed by atoms with Gasteiger partial charge < -0.3 is 0 Å². The van der Waals surface area contributed by atoms with Gasteiger partial charge in [0, 0.05) is 11.1 Å². The van der Waals surface area contributed by atoms with Crippen molar-refractivity contribution in [3.05, 3.63) is 59.9 Å². The molecular weight excluding hydrogens is 201 g/mol. The molecule has 0 atom stereocenters. The van der Waals surface area contributed by atoms with Gasteiger partial charge in [-0.25, -0.2) is 13.2 Å². The maximum Gasteiger partial charge on any atom is 0.167 e. The Balaban J connectivity index is 2.65. The maximum absolute atomic E-state index is 13.3. The summed E-state index contributed by atoms with van der Waals surface area (Å²) in [6.07, 6.45) is 0. The van der Waals surface area contributed by atoms with E-state index in [2.05, 4.69) is 6.07 Å². The zero-order valence-electron chi connectivity index (χ0n) is 7.60. The molecule has 0 aliphatic heterocycles. The lowest BCUT2D eigenvalue weighted by atomic mass is 10.0. The highest BCUT2D eigenvalue weighted by atomic mass is 19.2. The molecular formula is C12H6F3. The van der Waals surface area contributed by atoms with Crippen LogP contribution in [-0.2, 0) is 0 Å². The van der Waals surface area contributed by atoms with Gasteiger partial charge in [0.2, 0.25) is 0 Å². The second kappa shape index (κ2) is 3.77. The Morgan fingerprint density at radius 1 is 0.867 bits per heavy atom. The molecule has 15 heavy (non-hydrogen) atoms. The summed E-state index contributed by atoms with van der Waals surface area (Å²) >= 11 is 0. The minimum Gasteiger partial charge on any atom is -0.206 e. The lowest BCUT2D eigenvalue weighted by Gasteiger charge is -2.04. The predicted molar refractivity (Wildman–Crippen MR) is 50.6 cm³/mol. The zero-order valence-corrected chi connectivity index (χ0v) is 7.60. The second-order valence-electron chi connectivity index (χ2n) is 2.99. The quantitative estimate of drug-likeness (QED) is 0.670. The van der Waals surface area contributed by atoms with Crippen molar-refractivity contribution in [1.29, 1.82) is 0 Å². The van der Waals surface area contributed by atoms with E-state index in [9.17, 15) is 13.2 Å². The number of halogens is 3. The summed E-state index contributed by atoms with van der Waals surface area (Å²) in [5, 5.41) is 0. The molecule has 2 rings (SSSR count). The Kier molecular flexibility index (Phi) is 2.46. The summed E-state index contributed by atoms with van der Waals surface area (Å²) in [6, 6.07) is 10.2. The molecule has 75 valence electrons. The van der Waals surface area contributed by atoms with Crippen LogP contribution < -0.4 is 0 Å². The topological polar surface area (TPSA) is 0 Å². The Morgan fingerprint density at radius 3 is 2.33 bits per heavy atom. The molecule has 2 aromatic carbocycles. The normalized spacial score (nSPS) is 10.3. The van der Waals surface area contributed by atoms with Crippen LogP contribution in [0.5, 0.6) is 0 Å². The van der Waals surface area contributed by atoms with E-state index in [4.69, 9.17) is 0 Å². The molecule has 0 heterocycles. The Bertz CT molecular complexity index is 492. The first-order valence-electron chi connectivity index (χ1n) is 4.30. The van der Waals surface area contributed by atoms with E-state index >= 15 is 0 Å². The van der Waals surface area contributed by atoms with Gasteiger partial charge in [-0.05, 0) is 18.2 Å². The molecule has 0 amide bonds. The van der Waals surface area contributed by atoms with E-state index in [1.165, 1.54) is 24.3 Å². The third kappa shape index (κ3) is 1.73. The van der Waals surface area contributed by atoms with Gasteiger partial charge >= 0.3 is 0 Å². The number of rotatable bonds is 1. The van der Waals surface area contributed by atoms with E-state index in [1.807, 2.05) is 0 Å². The lowest BCUT2D eigenvalue weighted by molar-refractivity contribution is 0.510. The van der Waals surface area contributed by atoms with Crippen LogP contribution in [0.4, 0.5) is 13.2 Å². The SMILES string of the molecule is Fc1ccccc1-c1[c]ccc(F)c1F. The van der Waals surface area contributed by atoms with Crippen LogP contribution in [0.15, 0.2) is 36.4 Å². The molecule has 0 bridgehead atoms. The van der Waals surface area contributed by atoms with Crippen molar-refractivity contribution in [1.82, 2.24) is 0 Å². The van der Waals surface area contributed by atoms with Crippen LogP contribution in [0.1, 0.15) is 0 Å². The molecule has 0 spiro atoms. The van der Waals surface area contributed by atoms with Crippen molar-refractivity contribution in [3.63, 3.8) is 0 Å². The van der Waals surface area contributed by atoms with Gasteiger partial charge in [0.25, 0.3) is 0 Å². The largest absolute Gasteiger partial charge is 0.206 e. The van der Waals surface area contributed by atoms with E-state index in [-0.39, 0.29) is 11.1 Å². The predicted octanol–water partition coefficient (Wildman–Crippen LogP) is 3.57. The van der Waals surface area contributed by atoms with Crippen LogP contribution in [0.3, 0.4) is 0 Å². The molecule has 0 nitrogen and oxygen atoms in total. The Hall–Kier alpha value is -1.77. The van der Waals surface area contributed by atoms with Crippen molar-refractivity contribution in [2.75, 3.05) is 0 Å². The third-order valence-electron chi connectivity index (χ3n) is 2.03.